The van der Waals surface area contributed by atoms with Crippen LogP contribution in [0.3, 0.4) is 0 Å². The number of unbranched alkanes of at least 4 members (excludes halogenated alkanes) is 1. The van der Waals surface area contributed by atoms with Gasteiger partial charge in [-0.1, -0.05) is 6.07 Å². The van der Waals surface area contributed by atoms with E-state index in [9.17, 15) is 0 Å². The van der Waals surface area contributed by atoms with E-state index in [4.69, 9.17) is 9.47 Å². The minimum atomic E-state index is 0.650. The Morgan fingerprint density at radius 3 is 2.68 bits per heavy atom. The fraction of sp³-hybridized carbons (Fsp3) is 0.667. The Morgan fingerprint density at radius 2 is 1.93 bits per heavy atom. The molecule has 158 valence electrons. The molecule has 7 nitrogen and oxygen atoms in total. The summed E-state index contributed by atoms with van der Waals surface area (Å²) in [5.41, 5.74) is 0.967. The van der Waals surface area contributed by atoms with Gasteiger partial charge in [-0.25, -0.2) is 0 Å². The Kier molecular flexibility index (Phi) is 10.7. The number of ether oxygens (including phenoxy) is 2. The first kappa shape index (κ1) is 22.5. The molecule has 1 aliphatic heterocycles. The summed E-state index contributed by atoms with van der Waals surface area (Å²) in [7, 11) is 5.70. The molecule has 0 bridgehead atoms. The van der Waals surface area contributed by atoms with Crippen LogP contribution in [-0.4, -0.2) is 89.4 Å². The molecule has 1 aromatic carbocycles. The molecule has 0 amide bonds. The summed E-state index contributed by atoms with van der Waals surface area (Å²) in [6.45, 7) is 8.22. The van der Waals surface area contributed by atoms with Gasteiger partial charge in [-0.15, -0.1) is 0 Å². The van der Waals surface area contributed by atoms with E-state index in [-0.39, 0.29) is 0 Å². The first-order chi connectivity index (χ1) is 13.7. The lowest BCUT2D eigenvalue weighted by molar-refractivity contribution is 0.152. The molecule has 0 aromatic heterocycles. The van der Waals surface area contributed by atoms with E-state index in [0.29, 0.717) is 13.2 Å². The van der Waals surface area contributed by atoms with Gasteiger partial charge in [0.2, 0.25) is 0 Å². The number of nitrogens with one attached hydrogen (secondary N) is 2. The second kappa shape index (κ2) is 13.4. The van der Waals surface area contributed by atoms with Crippen LogP contribution in [0.4, 0.5) is 5.69 Å². The maximum Gasteiger partial charge on any atom is 0.195 e. The van der Waals surface area contributed by atoms with E-state index in [1.54, 1.807) is 14.2 Å². The molecule has 1 fully saturated rings. The molecule has 2 rings (SSSR count). The maximum atomic E-state index is 5.75. The normalized spacial score (nSPS) is 16.2. The van der Waals surface area contributed by atoms with Crippen molar-refractivity contribution in [2.24, 2.45) is 4.99 Å². The number of nitrogens with zero attached hydrogens (tertiary/aromatic N) is 3. The summed E-state index contributed by atoms with van der Waals surface area (Å²) in [6, 6.07) is 7.96. The van der Waals surface area contributed by atoms with Gasteiger partial charge < -0.3 is 29.9 Å². The van der Waals surface area contributed by atoms with Crippen molar-refractivity contribution in [3.05, 3.63) is 24.3 Å². The van der Waals surface area contributed by atoms with Gasteiger partial charge in [0.15, 0.2) is 5.96 Å². The number of likely N-dealkylation sites (N-methyl/N-ethyl adjacent to an activating group) is 1. The third-order valence-electron chi connectivity index (χ3n) is 4.87. The molecule has 1 aromatic rings. The molecule has 0 unspecified atom stereocenters. The van der Waals surface area contributed by atoms with Crippen LogP contribution < -0.4 is 15.4 Å². The summed E-state index contributed by atoms with van der Waals surface area (Å²) < 4.78 is 10.8. The van der Waals surface area contributed by atoms with Crippen LogP contribution in [0.1, 0.15) is 19.3 Å². The van der Waals surface area contributed by atoms with E-state index >= 15 is 0 Å². The van der Waals surface area contributed by atoms with Crippen molar-refractivity contribution in [3.8, 4) is 5.75 Å². The van der Waals surface area contributed by atoms with E-state index in [2.05, 4.69) is 32.5 Å². The lowest BCUT2D eigenvalue weighted by Crippen LogP contribution is -2.44. The number of hydrogen-bond donors (Lipinski definition) is 2. The van der Waals surface area contributed by atoms with Crippen LogP contribution in [0.5, 0.6) is 5.75 Å². The van der Waals surface area contributed by atoms with E-state index in [0.717, 1.165) is 36.8 Å². The summed E-state index contributed by atoms with van der Waals surface area (Å²) in [5.74, 6) is 1.64. The minimum Gasteiger partial charge on any atom is -0.493 e. The van der Waals surface area contributed by atoms with Crippen molar-refractivity contribution >= 4 is 11.6 Å². The van der Waals surface area contributed by atoms with Crippen LogP contribution >= 0.6 is 0 Å². The average molecular weight is 392 g/mol. The smallest absolute Gasteiger partial charge is 0.195 e. The number of hydrogen-bond acceptors (Lipinski definition) is 5. The first-order valence-electron chi connectivity index (χ1n) is 10.3. The standard InChI is InChI=1S/C21H37N5O2/c1-22-21(23-10-4-5-11-26-14-12-25(2)13-15-26)24-19-8-6-9-20(18-19)28-17-7-16-27-3/h6,8-9,18H,4-5,7,10-17H2,1-3H3,(H2,22,23,24). The lowest BCUT2D eigenvalue weighted by Gasteiger charge is -2.32. The van der Waals surface area contributed by atoms with Crippen molar-refractivity contribution in [1.29, 1.82) is 0 Å². The Labute approximate surface area is 170 Å². The van der Waals surface area contributed by atoms with E-state index in [1.807, 2.05) is 24.3 Å². The summed E-state index contributed by atoms with van der Waals surface area (Å²) in [4.78, 5) is 9.27. The molecule has 7 heteroatoms. The van der Waals surface area contributed by atoms with Crippen molar-refractivity contribution in [3.63, 3.8) is 0 Å². The van der Waals surface area contributed by atoms with Crippen LogP contribution in [0.15, 0.2) is 29.3 Å². The van der Waals surface area contributed by atoms with Crippen LogP contribution in [0.2, 0.25) is 0 Å². The van der Waals surface area contributed by atoms with Crippen molar-refractivity contribution in [1.82, 2.24) is 15.1 Å². The van der Waals surface area contributed by atoms with Gasteiger partial charge >= 0.3 is 0 Å². The fourth-order valence-electron chi connectivity index (χ4n) is 3.11. The second-order valence-corrected chi connectivity index (χ2v) is 7.20. The topological polar surface area (TPSA) is 61.4 Å². The quantitative estimate of drug-likeness (QED) is 0.342. The van der Waals surface area contributed by atoms with Crippen LogP contribution in [0.25, 0.3) is 0 Å². The zero-order valence-electron chi connectivity index (χ0n) is 17.7. The highest BCUT2D eigenvalue weighted by Gasteiger charge is 2.12. The largest absolute Gasteiger partial charge is 0.493 e. The highest BCUT2D eigenvalue weighted by atomic mass is 16.5. The monoisotopic (exact) mass is 391 g/mol. The molecule has 0 aliphatic carbocycles. The number of rotatable bonds is 11. The molecule has 28 heavy (non-hydrogen) atoms. The Balaban J connectivity index is 1.64. The van der Waals surface area contributed by atoms with Crippen LogP contribution in [0, 0.1) is 0 Å². The number of anilines is 1. The number of methoxy groups -OCH3 is 1. The highest BCUT2D eigenvalue weighted by Crippen LogP contribution is 2.17. The van der Waals surface area contributed by atoms with Gasteiger partial charge in [-0.2, -0.15) is 0 Å². The van der Waals surface area contributed by atoms with E-state index in [1.165, 1.54) is 39.1 Å². The van der Waals surface area contributed by atoms with Gasteiger partial charge in [0.25, 0.3) is 0 Å². The molecule has 0 spiro atoms. The molecule has 1 heterocycles. The number of aliphatic imine (C=N–C) groups is 1. The summed E-state index contributed by atoms with van der Waals surface area (Å²) in [6.07, 6.45) is 3.22. The Hall–Kier alpha value is -1.83. The number of benzene rings is 1. The SMILES string of the molecule is CN=C(NCCCCN1CCN(C)CC1)Nc1cccc(OCCCOC)c1. The van der Waals surface area contributed by atoms with Crippen molar-refractivity contribution < 1.29 is 9.47 Å². The predicted octanol–water partition coefficient (Wildman–Crippen LogP) is 2.12. The molecule has 1 saturated heterocycles. The number of guanidine groups is 1. The van der Waals surface area contributed by atoms with Gasteiger partial charge in [0, 0.05) is 71.7 Å². The molecule has 2 N–H and O–H groups in total. The lowest BCUT2D eigenvalue weighted by atomic mass is 10.2. The van der Waals surface area contributed by atoms with Crippen molar-refractivity contribution in [2.75, 3.05) is 79.0 Å². The highest BCUT2D eigenvalue weighted by molar-refractivity contribution is 5.93. The zero-order chi connectivity index (χ0) is 20.0. The Morgan fingerprint density at radius 1 is 1.11 bits per heavy atom. The van der Waals surface area contributed by atoms with Gasteiger partial charge in [-0.05, 0) is 38.6 Å². The summed E-state index contributed by atoms with van der Waals surface area (Å²) in [5, 5.41) is 6.73. The Bertz CT molecular complexity index is 574. The summed E-state index contributed by atoms with van der Waals surface area (Å²) >= 11 is 0. The molecule has 0 radical (unpaired) electrons. The van der Waals surface area contributed by atoms with E-state index < -0.39 is 0 Å². The third-order valence-corrected chi connectivity index (χ3v) is 4.87. The zero-order valence-corrected chi connectivity index (χ0v) is 17.7. The molecule has 1 aliphatic rings. The third kappa shape index (κ3) is 8.91. The first-order valence-corrected chi connectivity index (χ1v) is 10.3. The molecule has 0 atom stereocenters. The second-order valence-electron chi connectivity index (χ2n) is 7.20. The number of piperazine rings is 1. The van der Waals surface area contributed by atoms with Gasteiger partial charge in [0.05, 0.1) is 6.61 Å². The van der Waals surface area contributed by atoms with Crippen molar-refractivity contribution in [2.45, 2.75) is 19.3 Å². The predicted molar refractivity (Wildman–Crippen MR) is 117 cm³/mol. The maximum absolute atomic E-state index is 5.75. The molecular formula is C21H37N5O2. The average Bonchev–Trinajstić information content (AvgIpc) is 2.72. The minimum absolute atomic E-state index is 0.650. The fourth-order valence-corrected chi connectivity index (χ4v) is 3.11. The van der Waals surface area contributed by atoms with Gasteiger partial charge in [0.1, 0.15) is 5.75 Å². The van der Waals surface area contributed by atoms with Crippen LogP contribution in [-0.2, 0) is 4.74 Å². The molecule has 0 saturated carbocycles. The van der Waals surface area contributed by atoms with Gasteiger partial charge in [-0.3, -0.25) is 4.99 Å². The molecular weight excluding hydrogens is 354 g/mol.